The van der Waals surface area contributed by atoms with Crippen LogP contribution in [0.2, 0.25) is 0 Å². The highest BCUT2D eigenvalue weighted by atomic mass is 16.5. The van der Waals surface area contributed by atoms with Gasteiger partial charge in [-0.05, 0) is 43.5 Å². The van der Waals surface area contributed by atoms with Crippen molar-refractivity contribution >= 4 is 22.5 Å². The Bertz CT molecular complexity index is 730. The van der Waals surface area contributed by atoms with Gasteiger partial charge in [-0.3, -0.25) is 9.78 Å². The molecule has 1 amide bonds. The Morgan fingerprint density at radius 1 is 1.32 bits per heavy atom. The van der Waals surface area contributed by atoms with Crippen molar-refractivity contribution in [2.75, 3.05) is 19.0 Å². The highest BCUT2D eigenvalue weighted by Crippen LogP contribution is 2.31. The van der Waals surface area contributed by atoms with E-state index in [2.05, 4.69) is 24.1 Å². The molecule has 0 aliphatic carbocycles. The molecule has 0 bridgehead atoms. The van der Waals surface area contributed by atoms with Crippen molar-refractivity contribution in [2.24, 2.45) is 5.92 Å². The number of hydrogen-bond acceptors (Lipinski definition) is 4. The molecule has 0 saturated heterocycles. The van der Waals surface area contributed by atoms with Crippen LogP contribution >= 0.6 is 0 Å². The molecule has 1 aromatic heterocycles. The second-order valence-corrected chi connectivity index (χ2v) is 6.85. The van der Waals surface area contributed by atoms with Gasteiger partial charge >= 0.3 is 0 Å². The summed E-state index contributed by atoms with van der Waals surface area (Å²) in [6.45, 7) is 8.67. The lowest BCUT2D eigenvalue weighted by Gasteiger charge is -2.26. The van der Waals surface area contributed by atoms with Crippen molar-refractivity contribution < 1.29 is 14.3 Å². The van der Waals surface area contributed by atoms with Crippen LogP contribution in [0.5, 0.6) is 5.75 Å². The highest BCUT2D eigenvalue weighted by molar-refractivity contribution is 6.05. The zero-order valence-corrected chi connectivity index (χ0v) is 15.8. The second-order valence-electron chi connectivity index (χ2n) is 6.85. The minimum Gasteiger partial charge on any atom is -0.491 e. The molecule has 0 saturated carbocycles. The summed E-state index contributed by atoms with van der Waals surface area (Å²) < 4.78 is 11.3. The SMILES string of the molecule is CCCC(C)(OC)C(=O)Nc1ccc(OCC(C)C)c2ncccc12. The van der Waals surface area contributed by atoms with Gasteiger partial charge in [-0.25, -0.2) is 0 Å². The van der Waals surface area contributed by atoms with Gasteiger partial charge in [0, 0.05) is 18.7 Å². The van der Waals surface area contributed by atoms with Crippen LogP contribution in [0.3, 0.4) is 0 Å². The van der Waals surface area contributed by atoms with E-state index in [1.54, 1.807) is 13.3 Å². The molecule has 0 aliphatic heterocycles. The van der Waals surface area contributed by atoms with Gasteiger partial charge in [0.2, 0.25) is 0 Å². The number of rotatable bonds is 8. The van der Waals surface area contributed by atoms with Gasteiger partial charge in [0.25, 0.3) is 5.91 Å². The Morgan fingerprint density at radius 2 is 2.08 bits per heavy atom. The van der Waals surface area contributed by atoms with Crippen molar-refractivity contribution in [1.82, 2.24) is 4.98 Å². The third kappa shape index (κ3) is 4.48. The third-order valence-corrected chi connectivity index (χ3v) is 4.21. The van der Waals surface area contributed by atoms with Crippen LogP contribution in [-0.2, 0) is 9.53 Å². The second kappa shape index (κ2) is 8.30. The van der Waals surface area contributed by atoms with E-state index >= 15 is 0 Å². The molecule has 2 aromatic rings. The molecule has 136 valence electrons. The fourth-order valence-electron chi connectivity index (χ4n) is 2.67. The molecule has 0 spiro atoms. The molecular weight excluding hydrogens is 316 g/mol. The number of nitrogens with zero attached hydrogens (tertiary/aromatic N) is 1. The molecule has 1 N–H and O–H groups in total. The standard InChI is InChI=1S/C20H28N2O3/c1-6-11-20(4,24-5)19(23)22-16-9-10-17(25-13-14(2)3)18-15(16)8-7-12-21-18/h7-10,12,14H,6,11,13H2,1-5H3,(H,22,23). The topological polar surface area (TPSA) is 60.5 Å². The largest absolute Gasteiger partial charge is 0.491 e. The van der Waals surface area contributed by atoms with E-state index in [-0.39, 0.29) is 5.91 Å². The minimum atomic E-state index is -0.851. The minimum absolute atomic E-state index is 0.155. The van der Waals surface area contributed by atoms with E-state index in [1.807, 2.05) is 38.1 Å². The van der Waals surface area contributed by atoms with E-state index in [0.717, 1.165) is 23.1 Å². The van der Waals surface area contributed by atoms with Crippen molar-refractivity contribution in [3.63, 3.8) is 0 Å². The molecule has 1 unspecified atom stereocenters. The quantitative estimate of drug-likeness (QED) is 0.770. The number of benzene rings is 1. The first-order valence-electron chi connectivity index (χ1n) is 8.78. The molecule has 2 rings (SSSR count). The maximum atomic E-state index is 12.7. The Labute approximate surface area is 149 Å². The number of fused-ring (bicyclic) bond motifs is 1. The van der Waals surface area contributed by atoms with E-state index in [9.17, 15) is 4.79 Å². The van der Waals surface area contributed by atoms with Crippen LogP contribution < -0.4 is 10.1 Å². The summed E-state index contributed by atoms with van der Waals surface area (Å²) >= 11 is 0. The number of pyridine rings is 1. The molecule has 0 aliphatic rings. The van der Waals surface area contributed by atoms with Gasteiger partial charge in [-0.15, -0.1) is 0 Å². The van der Waals surface area contributed by atoms with Crippen LogP contribution in [0, 0.1) is 5.92 Å². The zero-order chi connectivity index (χ0) is 18.4. The average Bonchev–Trinajstić information content (AvgIpc) is 2.60. The van der Waals surface area contributed by atoms with Crippen molar-refractivity contribution in [3.05, 3.63) is 30.5 Å². The molecule has 5 nitrogen and oxygen atoms in total. The van der Waals surface area contributed by atoms with Crippen molar-refractivity contribution in [1.29, 1.82) is 0 Å². The molecule has 0 radical (unpaired) electrons. The molecule has 1 atom stereocenters. The number of ether oxygens (including phenoxy) is 2. The van der Waals surface area contributed by atoms with Crippen molar-refractivity contribution in [3.8, 4) is 5.75 Å². The van der Waals surface area contributed by atoms with Gasteiger partial charge < -0.3 is 14.8 Å². The number of methoxy groups -OCH3 is 1. The van der Waals surface area contributed by atoms with Crippen molar-refractivity contribution in [2.45, 2.75) is 46.1 Å². The Balaban J connectivity index is 2.33. The van der Waals surface area contributed by atoms with Crippen LogP contribution in [0.4, 0.5) is 5.69 Å². The maximum absolute atomic E-state index is 12.7. The first-order valence-corrected chi connectivity index (χ1v) is 8.78. The predicted octanol–water partition coefficient (Wildman–Crippen LogP) is 4.41. The Morgan fingerprint density at radius 3 is 2.72 bits per heavy atom. The summed E-state index contributed by atoms with van der Waals surface area (Å²) in [6, 6.07) is 7.51. The summed E-state index contributed by atoms with van der Waals surface area (Å²) in [7, 11) is 1.57. The zero-order valence-electron chi connectivity index (χ0n) is 15.8. The Kier molecular flexibility index (Phi) is 6.37. The maximum Gasteiger partial charge on any atom is 0.256 e. The van der Waals surface area contributed by atoms with Gasteiger partial charge in [-0.2, -0.15) is 0 Å². The van der Waals surface area contributed by atoms with E-state index in [4.69, 9.17) is 9.47 Å². The lowest BCUT2D eigenvalue weighted by Crippen LogP contribution is -2.41. The highest BCUT2D eigenvalue weighted by Gasteiger charge is 2.32. The summed E-state index contributed by atoms with van der Waals surface area (Å²) in [6.07, 6.45) is 3.25. The summed E-state index contributed by atoms with van der Waals surface area (Å²) in [5, 5.41) is 3.85. The fraction of sp³-hybridized carbons (Fsp3) is 0.500. The number of nitrogens with one attached hydrogen (secondary N) is 1. The smallest absolute Gasteiger partial charge is 0.256 e. The van der Waals surface area contributed by atoms with E-state index in [0.29, 0.717) is 24.6 Å². The van der Waals surface area contributed by atoms with Crippen LogP contribution in [0.1, 0.15) is 40.5 Å². The molecule has 1 heterocycles. The van der Waals surface area contributed by atoms with Crippen LogP contribution in [0.25, 0.3) is 10.9 Å². The number of carbonyl (C=O) groups is 1. The van der Waals surface area contributed by atoms with E-state index in [1.165, 1.54) is 0 Å². The number of aromatic nitrogens is 1. The number of anilines is 1. The molecule has 25 heavy (non-hydrogen) atoms. The first-order chi connectivity index (χ1) is 11.9. The van der Waals surface area contributed by atoms with Gasteiger partial charge in [0.15, 0.2) is 0 Å². The van der Waals surface area contributed by atoms with Gasteiger partial charge in [0.05, 0.1) is 12.3 Å². The molecule has 5 heteroatoms. The summed E-state index contributed by atoms with van der Waals surface area (Å²) in [5.74, 6) is 0.998. The third-order valence-electron chi connectivity index (χ3n) is 4.21. The fourth-order valence-corrected chi connectivity index (χ4v) is 2.67. The molecular formula is C20H28N2O3. The molecule has 1 aromatic carbocycles. The first kappa shape index (κ1) is 19.2. The normalized spacial score (nSPS) is 13.7. The number of amides is 1. The number of hydrogen-bond donors (Lipinski definition) is 1. The van der Waals surface area contributed by atoms with Gasteiger partial charge in [-0.1, -0.05) is 27.2 Å². The lowest BCUT2D eigenvalue weighted by molar-refractivity contribution is -0.136. The monoisotopic (exact) mass is 344 g/mol. The predicted molar refractivity (Wildman–Crippen MR) is 101 cm³/mol. The number of carbonyl (C=O) groups excluding carboxylic acids is 1. The lowest BCUT2D eigenvalue weighted by atomic mass is 9.99. The molecule has 0 fully saturated rings. The summed E-state index contributed by atoms with van der Waals surface area (Å²) in [5.41, 5.74) is 0.607. The summed E-state index contributed by atoms with van der Waals surface area (Å²) in [4.78, 5) is 17.1. The average molecular weight is 344 g/mol. The van der Waals surface area contributed by atoms with Crippen LogP contribution in [0.15, 0.2) is 30.5 Å². The Hall–Kier alpha value is -2.14. The van der Waals surface area contributed by atoms with E-state index < -0.39 is 5.60 Å². The van der Waals surface area contributed by atoms with Crippen LogP contribution in [-0.4, -0.2) is 30.2 Å². The van der Waals surface area contributed by atoms with Gasteiger partial charge in [0.1, 0.15) is 16.9 Å².